The number of rotatable bonds is 5. The van der Waals surface area contributed by atoms with E-state index in [1.54, 1.807) is 0 Å². The van der Waals surface area contributed by atoms with Crippen LogP contribution >= 0.6 is 0 Å². The molecule has 0 bridgehead atoms. The van der Waals surface area contributed by atoms with Gasteiger partial charge in [-0.15, -0.1) is 0 Å². The second-order valence-corrected chi connectivity index (χ2v) is 2.87. The first kappa shape index (κ1) is 9.85. The summed E-state index contributed by atoms with van der Waals surface area (Å²) in [4.78, 5) is 0. The van der Waals surface area contributed by atoms with Crippen LogP contribution in [0.5, 0.6) is 0 Å². The van der Waals surface area contributed by atoms with Gasteiger partial charge in [0.05, 0.1) is 0 Å². The van der Waals surface area contributed by atoms with Crippen LogP contribution in [-0.2, 0) is 0 Å². The Morgan fingerprint density at radius 3 is 2.60 bits per heavy atom. The summed E-state index contributed by atoms with van der Waals surface area (Å²) in [5.74, 6) is 0. The van der Waals surface area contributed by atoms with E-state index in [2.05, 4.69) is 5.32 Å². The van der Waals surface area contributed by atoms with E-state index in [0.717, 1.165) is 6.42 Å². The molecular formula is C7H17FN2. The van der Waals surface area contributed by atoms with Crippen LogP contribution in [0, 0.1) is 0 Å². The molecule has 0 amide bonds. The molecule has 0 aliphatic rings. The van der Waals surface area contributed by atoms with E-state index in [1.165, 1.54) is 0 Å². The number of nitrogens with one attached hydrogen (secondary N) is 1. The molecule has 0 aromatic carbocycles. The second kappa shape index (κ2) is 4.63. The van der Waals surface area contributed by atoms with Gasteiger partial charge in [-0.05, 0) is 13.3 Å². The number of nitrogens with two attached hydrogens (primary N) is 1. The zero-order valence-corrected chi connectivity index (χ0v) is 6.78. The summed E-state index contributed by atoms with van der Waals surface area (Å²) in [5.41, 5.74) is 5.59. The van der Waals surface area contributed by atoms with Crippen molar-refractivity contribution in [3.63, 3.8) is 0 Å². The standard InChI is InChI=1S/C7H17FN2/c1-3-7(2,9)6-10-5-4-8/h10H,3-6,9H2,1-2H3. The first-order chi connectivity index (χ1) is 4.62. The third-order valence-corrected chi connectivity index (χ3v) is 1.61. The average molecular weight is 148 g/mol. The van der Waals surface area contributed by atoms with Gasteiger partial charge in [-0.3, -0.25) is 0 Å². The average Bonchev–Trinajstić information content (AvgIpc) is 1.89. The molecule has 10 heavy (non-hydrogen) atoms. The molecule has 0 radical (unpaired) electrons. The fraction of sp³-hybridized carbons (Fsp3) is 1.00. The minimum atomic E-state index is -0.320. The summed E-state index contributed by atoms with van der Waals surface area (Å²) in [7, 11) is 0. The van der Waals surface area contributed by atoms with Crippen molar-refractivity contribution in [1.82, 2.24) is 5.32 Å². The maximum Gasteiger partial charge on any atom is 0.102 e. The highest BCUT2D eigenvalue weighted by molar-refractivity contribution is 4.78. The maximum atomic E-state index is 11.6. The van der Waals surface area contributed by atoms with Crippen molar-refractivity contribution in [3.05, 3.63) is 0 Å². The monoisotopic (exact) mass is 148 g/mol. The summed E-state index contributed by atoms with van der Waals surface area (Å²) in [5, 5.41) is 2.93. The van der Waals surface area contributed by atoms with Crippen LogP contribution in [0.3, 0.4) is 0 Å². The van der Waals surface area contributed by atoms with Crippen LogP contribution in [-0.4, -0.2) is 25.3 Å². The predicted octanol–water partition coefficient (Wildman–Crippen LogP) is 0.673. The first-order valence-corrected chi connectivity index (χ1v) is 3.68. The van der Waals surface area contributed by atoms with Gasteiger partial charge in [0.25, 0.3) is 0 Å². The van der Waals surface area contributed by atoms with Crippen molar-refractivity contribution in [3.8, 4) is 0 Å². The van der Waals surface area contributed by atoms with Gasteiger partial charge in [-0.1, -0.05) is 6.92 Å². The lowest BCUT2D eigenvalue weighted by atomic mass is 10.0. The van der Waals surface area contributed by atoms with Crippen molar-refractivity contribution < 1.29 is 4.39 Å². The van der Waals surface area contributed by atoms with E-state index >= 15 is 0 Å². The van der Waals surface area contributed by atoms with E-state index in [1.807, 2.05) is 13.8 Å². The minimum absolute atomic E-state index is 0.185. The van der Waals surface area contributed by atoms with Gasteiger partial charge in [0, 0.05) is 18.6 Å². The fourth-order valence-electron chi connectivity index (χ4n) is 0.566. The Hall–Kier alpha value is -0.150. The molecule has 2 nitrogen and oxygen atoms in total. The Bertz CT molecular complexity index is 83.7. The largest absolute Gasteiger partial charge is 0.324 e. The summed E-state index contributed by atoms with van der Waals surface area (Å²) in [6, 6.07) is 0. The minimum Gasteiger partial charge on any atom is -0.324 e. The highest BCUT2D eigenvalue weighted by Gasteiger charge is 2.13. The molecule has 0 saturated heterocycles. The normalized spacial score (nSPS) is 16.8. The van der Waals surface area contributed by atoms with Gasteiger partial charge in [0.2, 0.25) is 0 Å². The first-order valence-electron chi connectivity index (χ1n) is 3.68. The molecule has 0 saturated carbocycles. The molecule has 0 spiro atoms. The molecule has 1 unspecified atom stereocenters. The predicted molar refractivity (Wildman–Crippen MR) is 41.7 cm³/mol. The van der Waals surface area contributed by atoms with Crippen molar-refractivity contribution >= 4 is 0 Å². The number of hydrogen-bond donors (Lipinski definition) is 2. The maximum absolute atomic E-state index is 11.6. The number of alkyl halides is 1. The highest BCUT2D eigenvalue weighted by atomic mass is 19.1. The van der Waals surface area contributed by atoms with Gasteiger partial charge < -0.3 is 11.1 Å². The van der Waals surface area contributed by atoms with E-state index in [-0.39, 0.29) is 12.2 Å². The van der Waals surface area contributed by atoms with Crippen molar-refractivity contribution in [2.45, 2.75) is 25.8 Å². The second-order valence-electron chi connectivity index (χ2n) is 2.87. The quantitative estimate of drug-likeness (QED) is 0.562. The number of hydrogen-bond acceptors (Lipinski definition) is 2. The van der Waals surface area contributed by atoms with Crippen LogP contribution in [0.4, 0.5) is 4.39 Å². The fourth-order valence-corrected chi connectivity index (χ4v) is 0.566. The topological polar surface area (TPSA) is 38.0 Å². The molecule has 1 atom stereocenters. The summed E-state index contributed by atoms with van der Waals surface area (Å²) in [6.07, 6.45) is 0.909. The molecule has 0 aliphatic heterocycles. The Balaban J connectivity index is 3.28. The van der Waals surface area contributed by atoms with Crippen LogP contribution in [0.15, 0.2) is 0 Å². The van der Waals surface area contributed by atoms with E-state index in [9.17, 15) is 4.39 Å². The Morgan fingerprint density at radius 1 is 1.60 bits per heavy atom. The lowest BCUT2D eigenvalue weighted by Gasteiger charge is -2.22. The molecule has 0 fully saturated rings. The van der Waals surface area contributed by atoms with Gasteiger partial charge in [0.15, 0.2) is 0 Å². The van der Waals surface area contributed by atoms with Crippen LogP contribution in [0.25, 0.3) is 0 Å². The third-order valence-electron chi connectivity index (χ3n) is 1.61. The molecule has 0 aliphatic carbocycles. The van der Waals surface area contributed by atoms with Crippen LogP contribution in [0.1, 0.15) is 20.3 Å². The third kappa shape index (κ3) is 4.70. The lowest BCUT2D eigenvalue weighted by Crippen LogP contribution is -2.45. The van der Waals surface area contributed by atoms with Gasteiger partial charge >= 0.3 is 0 Å². The van der Waals surface area contributed by atoms with Gasteiger partial charge in [-0.2, -0.15) is 0 Å². The Morgan fingerprint density at radius 2 is 2.20 bits per heavy atom. The van der Waals surface area contributed by atoms with Gasteiger partial charge in [0.1, 0.15) is 6.67 Å². The number of halogens is 1. The molecule has 3 N–H and O–H groups in total. The molecule has 0 aromatic rings. The zero-order chi connectivity index (χ0) is 8.04. The highest BCUT2D eigenvalue weighted by Crippen LogP contribution is 2.01. The summed E-state index contributed by atoms with van der Waals surface area (Å²) in [6.45, 7) is 4.76. The van der Waals surface area contributed by atoms with Crippen molar-refractivity contribution in [1.29, 1.82) is 0 Å². The van der Waals surface area contributed by atoms with Crippen LogP contribution in [0.2, 0.25) is 0 Å². The van der Waals surface area contributed by atoms with Gasteiger partial charge in [-0.25, -0.2) is 4.39 Å². The SMILES string of the molecule is CCC(C)(N)CNCCF. The molecule has 62 valence electrons. The molecule has 0 rings (SSSR count). The Kier molecular flexibility index (Phi) is 4.56. The van der Waals surface area contributed by atoms with Crippen molar-refractivity contribution in [2.24, 2.45) is 5.73 Å². The summed E-state index contributed by atoms with van der Waals surface area (Å²) >= 11 is 0. The van der Waals surface area contributed by atoms with E-state index < -0.39 is 0 Å². The van der Waals surface area contributed by atoms with E-state index in [0.29, 0.717) is 13.1 Å². The zero-order valence-electron chi connectivity index (χ0n) is 6.78. The molecular weight excluding hydrogens is 131 g/mol. The Labute approximate surface area is 62.0 Å². The van der Waals surface area contributed by atoms with E-state index in [4.69, 9.17) is 5.73 Å². The van der Waals surface area contributed by atoms with Crippen LogP contribution < -0.4 is 11.1 Å². The molecule has 0 aromatic heterocycles. The molecule has 0 heterocycles. The summed E-state index contributed by atoms with van der Waals surface area (Å²) < 4.78 is 11.6. The molecule has 3 heteroatoms. The smallest absolute Gasteiger partial charge is 0.102 e. The van der Waals surface area contributed by atoms with Crippen molar-refractivity contribution in [2.75, 3.05) is 19.8 Å². The lowest BCUT2D eigenvalue weighted by molar-refractivity contribution is 0.393.